The molecule has 1 atom stereocenters. The van der Waals surface area contributed by atoms with Crippen LogP contribution < -0.4 is 5.32 Å². The summed E-state index contributed by atoms with van der Waals surface area (Å²) in [4.78, 5) is 27.0. The normalized spacial score (nSPS) is 11.7. The minimum absolute atomic E-state index is 0.111. The van der Waals surface area contributed by atoms with Crippen molar-refractivity contribution in [3.05, 3.63) is 69.2 Å². The summed E-state index contributed by atoms with van der Waals surface area (Å²) < 4.78 is 0. The van der Waals surface area contributed by atoms with Gasteiger partial charge in [-0.15, -0.1) is 0 Å². The highest BCUT2D eigenvalue weighted by molar-refractivity contribution is 6.42. The fourth-order valence-corrected chi connectivity index (χ4v) is 3.22. The van der Waals surface area contributed by atoms with Gasteiger partial charge in [-0.1, -0.05) is 66.0 Å². The van der Waals surface area contributed by atoms with Crippen molar-refractivity contribution in [2.75, 3.05) is 7.05 Å². The third kappa shape index (κ3) is 5.72. The van der Waals surface area contributed by atoms with Gasteiger partial charge in [0.2, 0.25) is 11.8 Å². The van der Waals surface area contributed by atoms with E-state index >= 15 is 0 Å². The molecule has 0 saturated heterocycles. The van der Waals surface area contributed by atoms with Crippen LogP contribution in [0.25, 0.3) is 0 Å². The number of hydrogen-bond acceptors (Lipinski definition) is 2. The zero-order valence-corrected chi connectivity index (χ0v) is 17.3. The summed E-state index contributed by atoms with van der Waals surface area (Å²) in [6.45, 7) is 4.18. The molecule has 0 heterocycles. The number of benzene rings is 2. The molecule has 0 saturated carbocycles. The number of rotatable bonds is 7. The van der Waals surface area contributed by atoms with Crippen LogP contribution in [0.5, 0.6) is 0 Å². The summed E-state index contributed by atoms with van der Waals surface area (Å²) in [7, 11) is 1.58. The molecule has 0 unspecified atom stereocenters. The van der Waals surface area contributed by atoms with Gasteiger partial charge in [0, 0.05) is 13.6 Å². The van der Waals surface area contributed by atoms with Crippen LogP contribution in [0, 0.1) is 6.92 Å². The molecule has 0 aliphatic heterocycles. The second kappa shape index (κ2) is 9.77. The van der Waals surface area contributed by atoms with Gasteiger partial charge in [0.05, 0.1) is 16.5 Å². The first-order valence-electron chi connectivity index (χ1n) is 8.86. The Morgan fingerprint density at radius 2 is 1.67 bits per heavy atom. The predicted octanol–water partition coefficient (Wildman–Crippen LogP) is 4.40. The van der Waals surface area contributed by atoms with E-state index in [4.69, 9.17) is 23.2 Å². The Hall–Kier alpha value is -2.04. The monoisotopic (exact) mass is 406 g/mol. The van der Waals surface area contributed by atoms with Gasteiger partial charge in [-0.2, -0.15) is 0 Å². The van der Waals surface area contributed by atoms with Crippen LogP contribution in [0.3, 0.4) is 0 Å². The standard InChI is InChI=1S/C21H24Cl2N2O2/c1-4-19(21(27)24-3)25(13-16-9-10-17(22)18(23)11-16)20(26)12-15-7-5-14(2)6-8-15/h5-11,19H,4,12-13H2,1-3H3,(H,24,27)/t19-/m1/s1. The molecule has 144 valence electrons. The third-order valence-corrected chi connectivity index (χ3v) is 5.18. The van der Waals surface area contributed by atoms with Gasteiger partial charge in [0.15, 0.2) is 0 Å². The molecule has 27 heavy (non-hydrogen) atoms. The van der Waals surface area contributed by atoms with Crippen molar-refractivity contribution in [3.8, 4) is 0 Å². The number of carbonyl (C=O) groups excluding carboxylic acids is 2. The quantitative estimate of drug-likeness (QED) is 0.740. The largest absolute Gasteiger partial charge is 0.357 e. The molecule has 2 amide bonds. The fourth-order valence-electron chi connectivity index (χ4n) is 2.90. The van der Waals surface area contributed by atoms with Crippen molar-refractivity contribution in [1.82, 2.24) is 10.2 Å². The molecule has 4 nitrogen and oxygen atoms in total. The predicted molar refractivity (Wildman–Crippen MR) is 110 cm³/mol. The minimum Gasteiger partial charge on any atom is -0.357 e. The van der Waals surface area contributed by atoms with Gasteiger partial charge in [-0.25, -0.2) is 0 Å². The van der Waals surface area contributed by atoms with Crippen LogP contribution in [0.4, 0.5) is 0 Å². The maximum atomic E-state index is 13.1. The molecule has 0 spiro atoms. The van der Waals surface area contributed by atoms with E-state index in [1.807, 2.05) is 44.2 Å². The van der Waals surface area contributed by atoms with Gasteiger partial charge in [0.1, 0.15) is 6.04 Å². The average Bonchev–Trinajstić information content (AvgIpc) is 2.65. The maximum Gasteiger partial charge on any atom is 0.242 e. The van der Waals surface area contributed by atoms with E-state index in [2.05, 4.69) is 5.32 Å². The van der Waals surface area contributed by atoms with Crippen molar-refractivity contribution < 1.29 is 9.59 Å². The summed E-state index contributed by atoms with van der Waals surface area (Å²) in [5, 5.41) is 3.53. The first-order valence-corrected chi connectivity index (χ1v) is 9.61. The van der Waals surface area contributed by atoms with Gasteiger partial charge in [0.25, 0.3) is 0 Å². The van der Waals surface area contributed by atoms with Crippen molar-refractivity contribution in [2.24, 2.45) is 0 Å². The van der Waals surface area contributed by atoms with E-state index in [-0.39, 0.29) is 24.8 Å². The first-order chi connectivity index (χ1) is 12.8. The Morgan fingerprint density at radius 1 is 1.04 bits per heavy atom. The molecular formula is C21H24Cl2N2O2. The zero-order chi connectivity index (χ0) is 20.0. The van der Waals surface area contributed by atoms with Crippen LogP contribution in [0.15, 0.2) is 42.5 Å². The summed E-state index contributed by atoms with van der Waals surface area (Å²) >= 11 is 12.1. The molecule has 0 bridgehead atoms. The number of amides is 2. The van der Waals surface area contributed by atoms with Crippen LogP contribution in [-0.2, 0) is 22.6 Å². The van der Waals surface area contributed by atoms with E-state index in [1.165, 1.54) is 0 Å². The Bertz CT molecular complexity index is 806. The van der Waals surface area contributed by atoms with Crippen LogP contribution in [0.2, 0.25) is 10.0 Å². The SMILES string of the molecule is CC[C@H](C(=O)NC)N(Cc1ccc(Cl)c(Cl)c1)C(=O)Cc1ccc(C)cc1. The molecule has 0 fully saturated rings. The lowest BCUT2D eigenvalue weighted by Crippen LogP contribution is -2.48. The van der Waals surface area contributed by atoms with Crippen molar-refractivity contribution in [2.45, 2.75) is 39.3 Å². The maximum absolute atomic E-state index is 13.1. The lowest BCUT2D eigenvalue weighted by molar-refractivity contribution is -0.140. The summed E-state index contributed by atoms with van der Waals surface area (Å²) in [6, 6.07) is 12.5. The lowest BCUT2D eigenvalue weighted by atomic mass is 10.1. The van der Waals surface area contributed by atoms with Crippen LogP contribution in [-0.4, -0.2) is 29.8 Å². The third-order valence-electron chi connectivity index (χ3n) is 4.45. The number of hydrogen-bond donors (Lipinski definition) is 1. The van der Waals surface area contributed by atoms with Gasteiger partial charge in [-0.05, 0) is 36.6 Å². The van der Waals surface area contributed by atoms with E-state index < -0.39 is 6.04 Å². The molecule has 0 aromatic heterocycles. The zero-order valence-electron chi connectivity index (χ0n) is 15.8. The lowest BCUT2D eigenvalue weighted by Gasteiger charge is -2.30. The number of nitrogens with zero attached hydrogens (tertiary/aromatic N) is 1. The average molecular weight is 407 g/mol. The van der Waals surface area contributed by atoms with E-state index in [1.54, 1.807) is 24.1 Å². The highest BCUT2D eigenvalue weighted by Gasteiger charge is 2.28. The van der Waals surface area contributed by atoms with Crippen LogP contribution in [0.1, 0.15) is 30.0 Å². The van der Waals surface area contributed by atoms with E-state index in [0.29, 0.717) is 16.5 Å². The highest BCUT2D eigenvalue weighted by Crippen LogP contribution is 2.24. The van der Waals surface area contributed by atoms with Gasteiger partial charge in [-0.3, -0.25) is 9.59 Å². The molecule has 1 N–H and O–H groups in total. The molecule has 0 radical (unpaired) electrons. The Morgan fingerprint density at radius 3 is 2.22 bits per heavy atom. The molecule has 0 aliphatic rings. The van der Waals surface area contributed by atoms with Gasteiger partial charge >= 0.3 is 0 Å². The molecule has 0 aliphatic carbocycles. The Kier molecular flexibility index (Phi) is 7.69. The summed E-state index contributed by atoms with van der Waals surface area (Å²) in [6.07, 6.45) is 0.746. The van der Waals surface area contributed by atoms with Gasteiger partial charge < -0.3 is 10.2 Å². The highest BCUT2D eigenvalue weighted by atomic mass is 35.5. The number of halogens is 2. The molecule has 6 heteroatoms. The van der Waals surface area contributed by atoms with Crippen molar-refractivity contribution in [3.63, 3.8) is 0 Å². The number of carbonyl (C=O) groups is 2. The summed E-state index contributed by atoms with van der Waals surface area (Å²) in [5.41, 5.74) is 2.87. The summed E-state index contributed by atoms with van der Waals surface area (Å²) in [5.74, 6) is -0.296. The smallest absolute Gasteiger partial charge is 0.242 e. The minimum atomic E-state index is -0.553. The molecule has 2 aromatic rings. The Labute approximate surface area is 170 Å². The second-order valence-electron chi connectivity index (χ2n) is 6.47. The molecular weight excluding hydrogens is 383 g/mol. The van der Waals surface area contributed by atoms with Crippen molar-refractivity contribution in [1.29, 1.82) is 0 Å². The molecule has 2 aromatic carbocycles. The molecule has 2 rings (SSSR count). The topological polar surface area (TPSA) is 49.4 Å². The first kappa shape index (κ1) is 21.3. The fraction of sp³-hybridized carbons (Fsp3) is 0.333. The van der Waals surface area contributed by atoms with Crippen LogP contribution >= 0.6 is 23.2 Å². The number of likely N-dealkylation sites (N-methyl/N-ethyl adjacent to an activating group) is 1. The Balaban J connectivity index is 2.29. The van der Waals surface area contributed by atoms with E-state index in [9.17, 15) is 9.59 Å². The second-order valence-corrected chi connectivity index (χ2v) is 7.29. The number of nitrogens with one attached hydrogen (secondary N) is 1. The van der Waals surface area contributed by atoms with Crippen molar-refractivity contribution >= 4 is 35.0 Å². The number of aryl methyl sites for hydroxylation is 1. The van der Waals surface area contributed by atoms with E-state index in [0.717, 1.165) is 16.7 Å².